The Labute approximate surface area is 208 Å². The van der Waals surface area contributed by atoms with Gasteiger partial charge in [-0.2, -0.15) is 0 Å². The topological polar surface area (TPSA) is 0 Å². The molecule has 30 heavy (non-hydrogen) atoms. The maximum Gasteiger partial charge on any atom is -1.00 e. The summed E-state index contributed by atoms with van der Waals surface area (Å²) in [4.78, 5) is 0. The Balaban J connectivity index is 0.00000128. The fraction of sp³-hybridized carbons (Fsp3) is 0.667. The molecule has 0 aromatic rings. The molecule has 0 radical (unpaired) electrons. The summed E-state index contributed by atoms with van der Waals surface area (Å²) >= 11 is -0.440. The third-order valence-electron chi connectivity index (χ3n) is 8.97. The normalized spacial score (nSPS) is 37.4. The molecule has 3 saturated carbocycles. The van der Waals surface area contributed by atoms with E-state index in [4.69, 9.17) is 0 Å². The van der Waals surface area contributed by atoms with E-state index >= 15 is 0 Å². The van der Waals surface area contributed by atoms with E-state index in [9.17, 15) is 0 Å². The number of allylic oxidation sites excluding steroid dienone is 8. The van der Waals surface area contributed by atoms with Gasteiger partial charge in [0.1, 0.15) is 0 Å². The molecule has 5 aliphatic carbocycles. The molecule has 6 atom stereocenters. The number of rotatable bonds is 2. The molecule has 0 N–H and O–H groups in total. The molecule has 0 spiro atoms. The second-order valence-electron chi connectivity index (χ2n) is 10.3. The molecule has 3 heteroatoms. The van der Waals surface area contributed by atoms with Gasteiger partial charge in [-0.25, -0.2) is 0 Å². The van der Waals surface area contributed by atoms with Crippen molar-refractivity contribution >= 4 is 3.21 Å². The zero-order valence-electron chi connectivity index (χ0n) is 18.9. The smallest absolute Gasteiger partial charge is 1.00 e. The standard InChI is InChI=1S/C21H27.C6H10.2ClH.Zr/c1-13-11-20(15(3)14(13)2)19-10-6-9-18-17-8-5-4-7-16(17)12-21(18)19;1-2-4-6-5-3-1;;;/h4-5,7-8,12,16-19,21H,6,9-11H2,1-3H3;1-5H2;2*1H;/q;;;;+2/p-2. The molecule has 0 heterocycles. The van der Waals surface area contributed by atoms with Crippen LogP contribution in [0, 0.1) is 29.6 Å². The van der Waals surface area contributed by atoms with E-state index in [0.717, 1.165) is 33.2 Å². The molecule has 0 amide bonds. The van der Waals surface area contributed by atoms with Gasteiger partial charge >= 0.3 is 184 Å². The zero-order chi connectivity index (χ0) is 19.3. The van der Waals surface area contributed by atoms with E-state index in [2.05, 4.69) is 48.3 Å². The number of fused-ring (bicyclic) bond motifs is 3. The van der Waals surface area contributed by atoms with Gasteiger partial charge in [0, 0.05) is 0 Å². The van der Waals surface area contributed by atoms with Crippen LogP contribution in [0.1, 0.15) is 78.6 Å². The monoisotopic (exact) mass is 521 g/mol. The molecule has 6 unspecified atom stereocenters. The Morgan fingerprint density at radius 3 is 2.17 bits per heavy atom. The van der Waals surface area contributed by atoms with Crippen molar-refractivity contribution in [3.05, 3.63) is 46.6 Å². The van der Waals surface area contributed by atoms with Gasteiger partial charge in [0.05, 0.1) is 0 Å². The number of hydrogen-bond donors (Lipinski definition) is 0. The van der Waals surface area contributed by atoms with Crippen molar-refractivity contribution in [1.29, 1.82) is 0 Å². The minimum atomic E-state index is -0.440. The molecule has 163 valence electrons. The summed E-state index contributed by atoms with van der Waals surface area (Å²) < 4.78 is 3.16. The van der Waals surface area contributed by atoms with E-state index in [-0.39, 0.29) is 24.8 Å². The van der Waals surface area contributed by atoms with E-state index in [1.54, 1.807) is 16.7 Å². The molecule has 3 fully saturated rings. The number of halogens is 2. The molecule has 0 aromatic heterocycles. The van der Waals surface area contributed by atoms with Crippen molar-refractivity contribution < 1.29 is 47.6 Å². The first-order chi connectivity index (χ1) is 13.6. The predicted octanol–water partition coefficient (Wildman–Crippen LogP) is 1.46. The van der Waals surface area contributed by atoms with Gasteiger partial charge in [-0.15, -0.1) is 0 Å². The first-order valence-electron chi connectivity index (χ1n) is 12.0. The summed E-state index contributed by atoms with van der Waals surface area (Å²) in [5, 5.41) is 0. The van der Waals surface area contributed by atoms with Crippen LogP contribution < -0.4 is 24.8 Å². The molecule has 5 aliphatic rings. The van der Waals surface area contributed by atoms with Crippen LogP contribution in [0.15, 0.2) is 46.6 Å². The first kappa shape index (κ1) is 24.9. The third-order valence-corrected chi connectivity index (χ3v) is 13.9. The molecule has 0 aliphatic heterocycles. The fourth-order valence-corrected chi connectivity index (χ4v) is 13.1. The molecule has 0 bridgehead atoms. The van der Waals surface area contributed by atoms with E-state index in [0.29, 0.717) is 0 Å². The molecule has 5 rings (SSSR count). The van der Waals surface area contributed by atoms with Crippen molar-refractivity contribution in [3.63, 3.8) is 0 Å². The van der Waals surface area contributed by atoms with Crippen LogP contribution in [0.2, 0.25) is 3.63 Å². The van der Waals surface area contributed by atoms with Crippen molar-refractivity contribution in [2.75, 3.05) is 0 Å². The summed E-state index contributed by atoms with van der Waals surface area (Å²) in [6.07, 6.45) is 23.3. The van der Waals surface area contributed by atoms with Crippen LogP contribution in [-0.4, -0.2) is 3.21 Å². The zero-order valence-corrected chi connectivity index (χ0v) is 22.9. The van der Waals surface area contributed by atoms with Gasteiger partial charge in [0.25, 0.3) is 0 Å². The van der Waals surface area contributed by atoms with Crippen LogP contribution in [-0.2, 0) is 22.8 Å². The summed E-state index contributed by atoms with van der Waals surface area (Å²) in [6.45, 7) is 7.21. The van der Waals surface area contributed by atoms with Crippen molar-refractivity contribution in [2.45, 2.75) is 82.2 Å². The fourth-order valence-electron chi connectivity index (χ4n) is 7.39. The second kappa shape index (κ2) is 10.5. The third kappa shape index (κ3) is 4.39. The van der Waals surface area contributed by atoms with Crippen LogP contribution >= 0.6 is 0 Å². The van der Waals surface area contributed by atoms with E-state index < -0.39 is 22.8 Å². The second-order valence-corrected chi connectivity index (χ2v) is 14.4. The van der Waals surface area contributed by atoms with E-state index in [1.165, 1.54) is 57.8 Å². The Kier molecular flexibility index (Phi) is 8.71. The van der Waals surface area contributed by atoms with Gasteiger partial charge in [0.2, 0.25) is 0 Å². The summed E-state index contributed by atoms with van der Waals surface area (Å²) in [5.74, 6) is 4.63. The molecular weight excluding hydrogens is 486 g/mol. The summed E-state index contributed by atoms with van der Waals surface area (Å²) in [7, 11) is 0. The van der Waals surface area contributed by atoms with Crippen LogP contribution in [0.25, 0.3) is 0 Å². The van der Waals surface area contributed by atoms with Gasteiger partial charge in [0.15, 0.2) is 0 Å². The molecular formula is C27H37Cl2Zr. The van der Waals surface area contributed by atoms with E-state index in [1.807, 2.05) is 5.57 Å². The Morgan fingerprint density at radius 1 is 0.800 bits per heavy atom. The minimum absolute atomic E-state index is 0. The van der Waals surface area contributed by atoms with Gasteiger partial charge < -0.3 is 24.8 Å². The van der Waals surface area contributed by atoms with Gasteiger partial charge in [-0.3, -0.25) is 0 Å². The predicted molar refractivity (Wildman–Crippen MR) is 117 cm³/mol. The quantitative estimate of drug-likeness (QED) is 0.514. The van der Waals surface area contributed by atoms with Crippen molar-refractivity contribution in [3.8, 4) is 0 Å². The van der Waals surface area contributed by atoms with Gasteiger partial charge in [-0.1, -0.05) is 0 Å². The van der Waals surface area contributed by atoms with Crippen LogP contribution in [0.3, 0.4) is 0 Å². The Morgan fingerprint density at radius 2 is 1.50 bits per heavy atom. The molecule has 0 saturated heterocycles. The average Bonchev–Trinajstić information content (AvgIpc) is 3.18. The average molecular weight is 524 g/mol. The first-order valence-corrected chi connectivity index (χ1v) is 14.6. The summed E-state index contributed by atoms with van der Waals surface area (Å²) in [6, 6.07) is 0. The Bertz CT molecular complexity index is 792. The summed E-state index contributed by atoms with van der Waals surface area (Å²) in [5.41, 5.74) is 6.82. The maximum atomic E-state index is 2.65. The van der Waals surface area contributed by atoms with Crippen molar-refractivity contribution in [1.82, 2.24) is 0 Å². The Hall–Kier alpha value is 0.293. The van der Waals surface area contributed by atoms with Crippen LogP contribution in [0.4, 0.5) is 0 Å². The maximum absolute atomic E-state index is 2.65. The molecule has 0 nitrogen and oxygen atoms in total. The SMILES string of the molecule is CC1=C(C)C(C)=C(C2CCCC3C4C=CC=CC4[CH]([Zr+2]=[C]4CCCCC4)C23)C1.[Cl-].[Cl-]. The van der Waals surface area contributed by atoms with Crippen molar-refractivity contribution in [2.24, 2.45) is 29.6 Å². The minimum Gasteiger partial charge on any atom is -1.00 e. The van der Waals surface area contributed by atoms with Gasteiger partial charge in [-0.05, 0) is 0 Å². The van der Waals surface area contributed by atoms with Crippen LogP contribution in [0.5, 0.6) is 0 Å². The largest absolute Gasteiger partial charge is 1.00 e. The number of hydrogen-bond acceptors (Lipinski definition) is 0. The molecule has 0 aromatic carbocycles.